The molecule has 0 rings (SSSR count). The molecular formula is C12H25AlO5. The number of rotatable bonds is 7. The van der Waals surface area contributed by atoms with E-state index in [1.807, 2.05) is 0 Å². The SMILES string of the molecule is CC(=O)CC(=O)O.C[CH2][Al]([O]C(C)C)[O]C(C)C. The van der Waals surface area contributed by atoms with Gasteiger partial charge < -0.3 is 12.7 Å². The van der Waals surface area contributed by atoms with Crippen molar-refractivity contribution in [3.05, 3.63) is 0 Å². The Labute approximate surface area is 115 Å². The van der Waals surface area contributed by atoms with Gasteiger partial charge in [-0.2, -0.15) is 0 Å². The molecule has 0 saturated heterocycles. The molecule has 0 bridgehead atoms. The van der Waals surface area contributed by atoms with Gasteiger partial charge >= 0.3 is 20.8 Å². The van der Waals surface area contributed by atoms with Crippen molar-refractivity contribution in [2.75, 3.05) is 0 Å². The Hall–Kier alpha value is -0.408. The van der Waals surface area contributed by atoms with Crippen LogP contribution in [0.2, 0.25) is 5.28 Å². The van der Waals surface area contributed by atoms with E-state index in [1.165, 1.54) is 6.92 Å². The topological polar surface area (TPSA) is 72.8 Å². The normalized spacial score (nSPS) is 10.0. The number of ketones is 1. The Bertz CT molecular complexity index is 219. The fraction of sp³-hybridized carbons (Fsp3) is 0.833. The molecule has 0 atom stereocenters. The first-order valence-corrected chi connectivity index (χ1v) is 7.97. The lowest BCUT2D eigenvalue weighted by Crippen LogP contribution is -2.28. The molecule has 6 heteroatoms. The molecule has 0 aliphatic heterocycles. The largest absolute Gasteiger partial charge is 0.674 e. The summed E-state index contributed by atoms with van der Waals surface area (Å²) < 4.78 is 11.3. The van der Waals surface area contributed by atoms with E-state index in [2.05, 4.69) is 34.6 Å². The van der Waals surface area contributed by atoms with Gasteiger partial charge in [0.25, 0.3) is 0 Å². The van der Waals surface area contributed by atoms with Gasteiger partial charge in [0.15, 0.2) is 0 Å². The van der Waals surface area contributed by atoms with Crippen LogP contribution >= 0.6 is 0 Å². The van der Waals surface area contributed by atoms with E-state index >= 15 is 0 Å². The van der Waals surface area contributed by atoms with Crippen molar-refractivity contribution in [2.45, 2.75) is 65.5 Å². The van der Waals surface area contributed by atoms with Gasteiger partial charge in [-0.25, -0.2) is 0 Å². The lowest BCUT2D eigenvalue weighted by atomic mass is 10.3. The predicted octanol–water partition coefficient (Wildman–Crippen LogP) is 2.39. The van der Waals surface area contributed by atoms with Crippen molar-refractivity contribution < 1.29 is 22.3 Å². The Morgan fingerprint density at radius 1 is 1.11 bits per heavy atom. The first-order chi connectivity index (χ1) is 8.18. The van der Waals surface area contributed by atoms with Gasteiger partial charge in [-0.3, -0.25) is 9.59 Å². The van der Waals surface area contributed by atoms with Crippen LogP contribution in [0, 0.1) is 0 Å². The minimum Gasteiger partial charge on any atom is -0.481 e. The summed E-state index contributed by atoms with van der Waals surface area (Å²) in [4.78, 5) is 19.5. The summed E-state index contributed by atoms with van der Waals surface area (Å²) in [6, 6.07) is 0. The lowest BCUT2D eigenvalue weighted by Gasteiger charge is -2.17. The van der Waals surface area contributed by atoms with Gasteiger partial charge in [-0.15, -0.1) is 0 Å². The van der Waals surface area contributed by atoms with E-state index in [0.717, 1.165) is 5.28 Å². The molecule has 0 amide bonds. The number of Topliss-reactive ketones (excluding diaryl/α,β-unsaturated/α-hetero) is 1. The summed E-state index contributed by atoms with van der Waals surface area (Å²) in [7, 11) is 0. The van der Waals surface area contributed by atoms with Crippen molar-refractivity contribution in [1.82, 2.24) is 0 Å². The first-order valence-electron chi connectivity index (χ1n) is 6.21. The number of carboxylic acids is 1. The quantitative estimate of drug-likeness (QED) is 0.571. The highest BCUT2D eigenvalue weighted by Crippen LogP contribution is 2.03. The molecular weight excluding hydrogens is 251 g/mol. The second kappa shape index (κ2) is 11.7. The Balaban J connectivity index is 0. The summed E-state index contributed by atoms with van der Waals surface area (Å²) in [5.41, 5.74) is 0. The minimum atomic E-state index is -1.33. The average Bonchev–Trinajstić information content (AvgIpc) is 2.13. The number of hydrogen-bond acceptors (Lipinski definition) is 4. The number of carboxylic acid groups (broad SMARTS) is 1. The molecule has 0 heterocycles. The van der Waals surface area contributed by atoms with Crippen molar-refractivity contribution in [3.63, 3.8) is 0 Å². The number of aliphatic carboxylic acids is 1. The van der Waals surface area contributed by atoms with E-state index in [0.29, 0.717) is 12.2 Å². The third-order valence-electron chi connectivity index (χ3n) is 1.58. The van der Waals surface area contributed by atoms with Crippen molar-refractivity contribution >= 4 is 26.6 Å². The average molecular weight is 276 g/mol. The molecule has 0 aromatic heterocycles. The maximum absolute atomic E-state index is 9.87. The van der Waals surface area contributed by atoms with Crippen molar-refractivity contribution in [3.8, 4) is 0 Å². The summed E-state index contributed by atoms with van der Waals surface area (Å²) >= 11 is -1.33. The van der Waals surface area contributed by atoms with Crippen LogP contribution in [0.3, 0.4) is 0 Å². The van der Waals surface area contributed by atoms with Gasteiger partial charge in [0, 0.05) is 12.2 Å². The number of carbonyl (C=O) groups is 2. The fourth-order valence-electron chi connectivity index (χ4n) is 1.04. The van der Waals surface area contributed by atoms with Crippen LogP contribution in [0.5, 0.6) is 0 Å². The van der Waals surface area contributed by atoms with E-state index in [4.69, 9.17) is 12.7 Å². The molecule has 0 aromatic rings. The second-order valence-corrected chi connectivity index (χ2v) is 6.70. The Kier molecular flexibility index (Phi) is 12.9. The molecule has 18 heavy (non-hydrogen) atoms. The molecule has 1 N–H and O–H groups in total. The molecule has 0 spiro atoms. The zero-order valence-corrected chi connectivity index (χ0v) is 13.4. The summed E-state index contributed by atoms with van der Waals surface area (Å²) in [6.07, 6.45) is 0.260. The van der Waals surface area contributed by atoms with Crippen molar-refractivity contribution in [2.24, 2.45) is 0 Å². The molecule has 106 valence electrons. The van der Waals surface area contributed by atoms with Gasteiger partial charge in [-0.1, -0.05) is 6.92 Å². The predicted molar refractivity (Wildman–Crippen MR) is 71.6 cm³/mol. The van der Waals surface area contributed by atoms with Crippen molar-refractivity contribution in [1.29, 1.82) is 0 Å². The highest BCUT2D eigenvalue weighted by molar-refractivity contribution is 6.44. The monoisotopic (exact) mass is 276 g/mol. The zero-order chi connectivity index (χ0) is 14.7. The minimum absolute atomic E-state index is 0.311. The van der Waals surface area contributed by atoms with Gasteiger partial charge in [0.2, 0.25) is 0 Å². The van der Waals surface area contributed by atoms with Gasteiger partial charge in [0.1, 0.15) is 12.2 Å². The Morgan fingerprint density at radius 2 is 1.50 bits per heavy atom. The molecule has 0 aliphatic rings. The molecule has 0 aromatic carbocycles. The lowest BCUT2D eigenvalue weighted by molar-refractivity contribution is -0.139. The van der Waals surface area contributed by atoms with Gasteiger partial charge in [0.05, 0.1) is 0 Å². The number of hydrogen-bond donors (Lipinski definition) is 1. The molecule has 0 aliphatic carbocycles. The molecule has 0 radical (unpaired) electrons. The van der Waals surface area contributed by atoms with E-state index < -0.39 is 20.8 Å². The third kappa shape index (κ3) is 18.0. The number of carbonyl (C=O) groups excluding carboxylic acids is 1. The summed E-state index contributed by atoms with van der Waals surface area (Å²) in [5.74, 6) is -1.37. The van der Waals surface area contributed by atoms with E-state index in [1.54, 1.807) is 0 Å². The van der Waals surface area contributed by atoms with Crippen LogP contribution in [0.4, 0.5) is 0 Å². The molecule has 0 fully saturated rings. The standard InChI is InChI=1S/C4H6O3.2C3H7O.C2H5.Al/c1-3(5)2-4(6)7;2*1-3(2)4;1-2;/h2H2,1H3,(H,6,7);2*3H,1-2H3;1H2,2H3;/q;2*-1;;+2. The summed E-state index contributed by atoms with van der Waals surface area (Å²) in [6.45, 7) is 11.6. The maximum Gasteiger partial charge on any atom is 0.674 e. The molecule has 0 unspecified atom stereocenters. The van der Waals surface area contributed by atoms with Crippen LogP contribution in [0.25, 0.3) is 0 Å². The van der Waals surface area contributed by atoms with E-state index in [9.17, 15) is 9.59 Å². The highest BCUT2D eigenvalue weighted by Gasteiger charge is 2.24. The summed E-state index contributed by atoms with van der Waals surface area (Å²) in [5, 5.41) is 8.91. The maximum atomic E-state index is 9.87. The first kappa shape index (κ1) is 19.9. The van der Waals surface area contributed by atoms with Crippen LogP contribution in [-0.2, 0) is 17.2 Å². The molecule has 0 saturated carbocycles. The van der Waals surface area contributed by atoms with Crippen LogP contribution in [0.15, 0.2) is 0 Å². The Morgan fingerprint density at radius 3 is 1.61 bits per heavy atom. The third-order valence-corrected chi connectivity index (χ3v) is 3.94. The van der Waals surface area contributed by atoms with Crippen LogP contribution in [0.1, 0.15) is 48.0 Å². The van der Waals surface area contributed by atoms with E-state index in [-0.39, 0.29) is 12.2 Å². The van der Waals surface area contributed by atoms with Crippen LogP contribution in [-0.4, -0.2) is 43.9 Å². The molecule has 5 nitrogen and oxygen atoms in total. The van der Waals surface area contributed by atoms with Gasteiger partial charge in [-0.05, 0) is 39.9 Å². The van der Waals surface area contributed by atoms with Crippen LogP contribution < -0.4 is 0 Å². The fourth-order valence-corrected chi connectivity index (χ4v) is 2.71. The smallest absolute Gasteiger partial charge is 0.481 e. The second-order valence-electron chi connectivity index (χ2n) is 4.48. The highest BCUT2D eigenvalue weighted by atomic mass is 27.2. The zero-order valence-electron chi connectivity index (χ0n) is 12.2.